The van der Waals surface area contributed by atoms with Crippen LogP contribution in [0.5, 0.6) is 0 Å². The van der Waals surface area contributed by atoms with E-state index in [1.165, 1.54) is 24.0 Å². The van der Waals surface area contributed by atoms with Crippen molar-refractivity contribution in [3.63, 3.8) is 0 Å². The van der Waals surface area contributed by atoms with E-state index in [-0.39, 0.29) is 0 Å². The van der Waals surface area contributed by atoms with Gasteiger partial charge in [0.15, 0.2) is 0 Å². The number of rotatable bonds is 5. The lowest BCUT2D eigenvalue weighted by molar-refractivity contribution is 0.496. The highest BCUT2D eigenvalue weighted by molar-refractivity contribution is 5.24. The van der Waals surface area contributed by atoms with Crippen LogP contribution in [0.3, 0.4) is 0 Å². The zero-order chi connectivity index (χ0) is 11.5. The molecular weight excluding hydrogens is 194 g/mol. The van der Waals surface area contributed by atoms with E-state index in [0.717, 1.165) is 12.5 Å². The molecule has 0 bridgehead atoms. The van der Waals surface area contributed by atoms with Gasteiger partial charge in [0, 0.05) is 12.6 Å². The van der Waals surface area contributed by atoms with Crippen LogP contribution in [0.15, 0.2) is 24.3 Å². The lowest BCUT2D eigenvalue weighted by atomic mass is 10.0. The molecule has 0 saturated heterocycles. The van der Waals surface area contributed by atoms with Gasteiger partial charge in [-0.2, -0.15) is 0 Å². The summed E-state index contributed by atoms with van der Waals surface area (Å²) in [6.45, 7) is 7.79. The standard InChI is InChI=1S/C15H23N/c1-11(2)14-6-4-13(5-7-14)10-16-12(3)15-8-9-15/h4-7,11-12,15-16H,8-10H2,1-3H3/t12-/m1/s1. The van der Waals surface area contributed by atoms with Crippen LogP contribution >= 0.6 is 0 Å². The van der Waals surface area contributed by atoms with E-state index < -0.39 is 0 Å². The summed E-state index contributed by atoms with van der Waals surface area (Å²) < 4.78 is 0. The first-order valence-electron chi connectivity index (χ1n) is 6.49. The van der Waals surface area contributed by atoms with E-state index in [4.69, 9.17) is 0 Å². The Kier molecular flexibility index (Phi) is 3.65. The highest BCUT2D eigenvalue weighted by Gasteiger charge is 2.27. The van der Waals surface area contributed by atoms with E-state index in [1.54, 1.807) is 0 Å². The van der Waals surface area contributed by atoms with Crippen LogP contribution in [0.2, 0.25) is 0 Å². The quantitative estimate of drug-likeness (QED) is 0.793. The van der Waals surface area contributed by atoms with Gasteiger partial charge in [0.25, 0.3) is 0 Å². The Morgan fingerprint density at radius 2 is 1.75 bits per heavy atom. The third-order valence-corrected chi connectivity index (χ3v) is 3.60. The predicted molar refractivity (Wildman–Crippen MR) is 69.6 cm³/mol. The first-order valence-corrected chi connectivity index (χ1v) is 6.49. The fourth-order valence-corrected chi connectivity index (χ4v) is 2.06. The highest BCUT2D eigenvalue weighted by Crippen LogP contribution is 2.32. The van der Waals surface area contributed by atoms with Gasteiger partial charge in [-0.15, -0.1) is 0 Å². The van der Waals surface area contributed by atoms with Crippen molar-refractivity contribution in [2.45, 2.75) is 52.1 Å². The molecule has 16 heavy (non-hydrogen) atoms. The molecule has 1 saturated carbocycles. The number of hydrogen-bond donors (Lipinski definition) is 1. The highest BCUT2D eigenvalue weighted by atomic mass is 14.9. The van der Waals surface area contributed by atoms with Gasteiger partial charge in [-0.25, -0.2) is 0 Å². The van der Waals surface area contributed by atoms with E-state index in [2.05, 4.69) is 50.4 Å². The Bertz CT molecular complexity index is 322. The molecule has 0 spiro atoms. The smallest absolute Gasteiger partial charge is 0.0208 e. The fourth-order valence-electron chi connectivity index (χ4n) is 2.06. The summed E-state index contributed by atoms with van der Waals surface area (Å²) in [5, 5.41) is 3.61. The topological polar surface area (TPSA) is 12.0 Å². The second-order valence-corrected chi connectivity index (χ2v) is 5.40. The Balaban J connectivity index is 1.84. The Hall–Kier alpha value is -0.820. The molecule has 0 heterocycles. The zero-order valence-corrected chi connectivity index (χ0v) is 10.7. The Morgan fingerprint density at radius 1 is 1.12 bits per heavy atom. The molecule has 0 unspecified atom stereocenters. The minimum absolute atomic E-state index is 0.632. The van der Waals surface area contributed by atoms with E-state index in [1.807, 2.05) is 0 Å². The molecule has 2 rings (SSSR count). The molecule has 1 aromatic carbocycles. The number of hydrogen-bond acceptors (Lipinski definition) is 1. The lowest BCUT2D eigenvalue weighted by Crippen LogP contribution is -2.27. The molecule has 1 nitrogen and oxygen atoms in total. The molecule has 1 N–H and O–H groups in total. The molecule has 0 aromatic heterocycles. The van der Waals surface area contributed by atoms with Crippen molar-refractivity contribution in [2.24, 2.45) is 5.92 Å². The summed E-state index contributed by atoms with van der Waals surface area (Å²) >= 11 is 0. The van der Waals surface area contributed by atoms with Gasteiger partial charge in [-0.3, -0.25) is 0 Å². The summed E-state index contributed by atoms with van der Waals surface area (Å²) in [5.41, 5.74) is 2.83. The van der Waals surface area contributed by atoms with Gasteiger partial charge in [-0.1, -0.05) is 38.1 Å². The van der Waals surface area contributed by atoms with Crippen molar-refractivity contribution >= 4 is 0 Å². The van der Waals surface area contributed by atoms with Gasteiger partial charge in [0.2, 0.25) is 0 Å². The summed E-state index contributed by atoms with van der Waals surface area (Å²) in [6, 6.07) is 9.70. The van der Waals surface area contributed by atoms with Crippen LogP contribution in [-0.2, 0) is 6.54 Å². The van der Waals surface area contributed by atoms with Crippen LogP contribution in [-0.4, -0.2) is 6.04 Å². The van der Waals surface area contributed by atoms with E-state index in [0.29, 0.717) is 12.0 Å². The maximum Gasteiger partial charge on any atom is 0.0208 e. The monoisotopic (exact) mass is 217 g/mol. The molecule has 1 aromatic rings. The van der Waals surface area contributed by atoms with Gasteiger partial charge < -0.3 is 5.32 Å². The van der Waals surface area contributed by atoms with Crippen molar-refractivity contribution in [3.8, 4) is 0 Å². The average molecular weight is 217 g/mol. The fraction of sp³-hybridized carbons (Fsp3) is 0.600. The van der Waals surface area contributed by atoms with Crippen LogP contribution in [0.25, 0.3) is 0 Å². The Labute approximate surface area is 99.3 Å². The predicted octanol–water partition coefficient (Wildman–Crippen LogP) is 3.70. The Morgan fingerprint density at radius 3 is 2.25 bits per heavy atom. The molecule has 0 amide bonds. The van der Waals surface area contributed by atoms with Crippen LogP contribution in [0, 0.1) is 5.92 Å². The molecule has 1 fully saturated rings. The average Bonchev–Trinajstić information content (AvgIpc) is 3.10. The van der Waals surface area contributed by atoms with Crippen molar-refractivity contribution in [1.82, 2.24) is 5.32 Å². The SMILES string of the molecule is CC(C)c1ccc(CN[C@H](C)C2CC2)cc1. The number of nitrogens with one attached hydrogen (secondary N) is 1. The minimum atomic E-state index is 0.632. The molecule has 1 heteroatoms. The second kappa shape index (κ2) is 5.01. The summed E-state index contributed by atoms with van der Waals surface area (Å²) in [5.74, 6) is 1.57. The molecule has 88 valence electrons. The maximum absolute atomic E-state index is 3.61. The largest absolute Gasteiger partial charge is 0.310 e. The lowest BCUT2D eigenvalue weighted by Gasteiger charge is -2.13. The molecule has 0 aliphatic heterocycles. The van der Waals surface area contributed by atoms with Crippen molar-refractivity contribution in [3.05, 3.63) is 35.4 Å². The molecular formula is C15H23N. The van der Waals surface area contributed by atoms with Crippen molar-refractivity contribution in [2.75, 3.05) is 0 Å². The molecule has 1 atom stereocenters. The van der Waals surface area contributed by atoms with Crippen molar-refractivity contribution in [1.29, 1.82) is 0 Å². The summed E-state index contributed by atoms with van der Waals surface area (Å²) in [7, 11) is 0. The third kappa shape index (κ3) is 3.08. The normalized spacial score (nSPS) is 17.8. The summed E-state index contributed by atoms with van der Waals surface area (Å²) in [4.78, 5) is 0. The van der Waals surface area contributed by atoms with E-state index >= 15 is 0 Å². The number of benzene rings is 1. The van der Waals surface area contributed by atoms with E-state index in [9.17, 15) is 0 Å². The minimum Gasteiger partial charge on any atom is -0.310 e. The zero-order valence-electron chi connectivity index (χ0n) is 10.7. The molecule has 1 aliphatic carbocycles. The van der Waals surface area contributed by atoms with Crippen LogP contribution in [0.1, 0.15) is 50.7 Å². The third-order valence-electron chi connectivity index (χ3n) is 3.60. The first-order chi connectivity index (χ1) is 7.66. The van der Waals surface area contributed by atoms with Gasteiger partial charge in [-0.05, 0) is 42.7 Å². The van der Waals surface area contributed by atoms with Crippen LogP contribution < -0.4 is 5.32 Å². The van der Waals surface area contributed by atoms with Crippen molar-refractivity contribution < 1.29 is 0 Å². The first kappa shape index (κ1) is 11.7. The van der Waals surface area contributed by atoms with Gasteiger partial charge in [0.1, 0.15) is 0 Å². The maximum atomic E-state index is 3.61. The molecule has 0 radical (unpaired) electrons. The van der Waals surface area contributed by atoms with Gasteiger partial charge in [0.05, 0.1) is 0 Å². The van der Waals surface area contributed by atoms with Gasteiger partial charge >= 0.3 is 0 Å². The second-order valence-electron chi connectivity index (χ2n) is 5.40. The molecule has 1 aliphatic rings. The summed E-state index contributed by atoms with van der Waals surface area (Å²) in [6.07, 6.45) is 2.83. The van der Waals surface area contributed by atoms with Crippen LogP contribution in [0.4, 0.5) is 0 Å².